The molecule has 1 atom stereocenters. The normalized spacial score (nSPS) is 16.8. The van der Waals surface area contributed by atoms with Crippen LogP contribution in [0.4, 0.5) is 5.69 Å². The monoisotopic (exact) mass is 379 g/mol. The van der Waals surface area contributed by atoms with Crippen LogP contribution in [0.1, 0.15) is 49.4 Å². The minimum atomic E-state index is -1.21. The van der Waals surface area contributed by atoms with E-state index in [0.717, 1.165) is 31.4 Å². The van der Waals surface area contributed by atoms with Gasteiger partial charge in [0.2, 0.25) is 0 Å². The van der Waals surface area contributed by atoms with Crippen molar-refractivity contribution in [2.75, 3.05) is 0 Å². The molecule has 9 heteroatoms. The molecule has 1 N–H and O–H groups in total. The van der Waals surface area contributed by atoms with Crippen LogP contribution in [0.5, 0.6) is 0 Å². The summed E-state index contributed by atoms with van der Waals surface area (Å²) in [6.45, 7) is 1.34. The molecule has 1 amide bonds. The highest BCUT2D eigenvalue weighted by Gasteiger charge is 2.36. The first-order valence-electron chi connectivity index (χ1n) is 8.16. The minimum Gasteiger partial charge on any atom is -0.449 e. The lowest BCUT2D eigenvalue weighted by Crippen LogP contribution is -2.52. The Morgan fingerprint density at radius 3 is 2.62 bits per heavy atom. The molecule has 1 fully saturated rings. The molecule has 1 saturated carbocycles. The zero-order chi connectivity index (χ0) is 19.3. The molecule has 1 aliphatic carbocycles. The van der Waals surface area contributed by atoms with Gasteiger partial charge in [-0.2, -0.15) is 5.26 Å². The second-order valence-electron chi connectivity index (χ2n) is 6.21. The number of nitriles is 1. The molecule has 1 aromatic carbocycles. The average Bonchev–Trinajstić information content (AvgIpc) is 2.61. The van der Waals surface area contributed by atoms with E-state index in [1.54, 1.807) is 0 Å². The molecule has 0 spiro atoms. The Labute approximate surface area is 155 Å². The lowest BCUT2D eigenvalue weighted by atomic mass is 9.83. The number of halogens is 1. The van der Waals surface area contributed by atoms with Crippen molar-refractivity contribution < 1.29 is 19.2 Å². The number of esters is 1. The second-order valence-corrected chi connectivity index (χ2v) is 6.65. The molecule has 138 valence electrons. The summed E-state index contributed by atoms with van der Waals surface area (Å²) >= 11 is 5.78. The third-order valence-corrected chi connectivity index (χ3v) is 4.55. The predicted octanol–water partition coefficient (Wildman–Crippen LogP) is 3.14. The fourth-order valence-corrected chi connectivity index (χ4v) is 3.04. The number of amides is 1. The Balaban J connectivity index is 2.09. The quantitative estimate of drug-likeness (QED) is 0.476. The highest BCUT2D eigenvalue weighted by atomic mass is 35.5. The van der Waals surface area contributed by atoms with Crippen molar-refractivity contribution in [2.24, 2.45) is 0 Å². The maximum atomic E-state index is 12.3. The van der Waals surface area contributed by atoms with E-state index < -0.39 is 34.1 Å². The van der Waals surface area contributed by atoms with Crippen molar-refractivity contribution in [2.45, 2.75) is 50.7 Å². The summed E-state index contributed by atoms with van der Waals surface area (Å²) in [5.41, 5.74) is -1.76. The molecular formula is C17H18ClN3O5. The molecule has 1 aliphatic rings. The number of nitrogens with one attached hydrogen (secondary N) is 1. The Morgan fingerprint density at radius 1 is 1.38 bits per heavy atom. The van der Waals surface area contributed by atoms with Gasteiger partial charge in [0.1, 0.15) is 11.1 Å². The van der Waals surface area contributed by atoms with Crippen LogP contribution in [0.25, 0.3) is 0 Å². The van der Waals surface area contributed by atoms with Gasteiger partial charge in [0.05, 0.1) is 11.0 Å². The summed E-state index contributed by atoms with van der Waals surface area (Å²) in [4.78, 5) is 34.9. The van der Waals surface area contributed by atoms with Gasteiger partial charge in [0.15, 0.2) is 6.10 Å². The maximum absolute atomic E-state index is 12.3. The fraction of sp³-hybridized carbons (Fsp3) is 0.471. The van der Waals surface area contributed by atoms with Crippen molar-refractivity contribution in [1.29, 1.82) is 5.26 Å². The van der Waals surface area contributed by atoms with E-state index in [0.29, 0.717) is 12.8 Å². The number of nitro benzene ring substituents is 1. The number of ether oxygens (including phenoxy) is 1. The van der Waals surface area contributed by atoms with Crippen molar-refractivity contribution in [3.63, 3.8) is 0 Å². The summed E-state index contributed by atoms with van der Waals surface area (Å²) in [5, 5.41) is 23.2. The summed E-state index contributed by atoms with van der Waals surface area (Å²) in [6, 6.07) is 5.63. The first-order valence-corrected chi connectivity index (χ1v) is 8.54. The van der Waals surface area contributed by atoms with Gasteiger partial charge in [-0.25, -0.2) is 4.79 Å². The summed E-state index contributed by atoms with van der Waals surface area (Å²) in [5.74, 6) is -1.65. The molecule has 2 rings (SSSR count). The fourth-order valence-electron chi connectivity index (χ4n) is 2.87. The zero-order valence-corrected chi connectivity index (χ0v) is 14.9. The average molecular weight is 380 g/mol. The SMILES string of the molecule is C[C@H](OC(=O)c1cc(Cl)ccc1[N+](=O)[O-])C(=O)NC1(C#N)CCCCC1. The third kappa shape index (κ3) is 4.49. The smallest absolute Gasteiger partial charge is 0.345 e. The lowest BCUT2D eigenvalue weighted by molar-refractivity contribution is -0.385. The van der Waals surface area contributed by atoms with Crippen LogP contribution in [0, 0.1) is 21.4 Å². The van der Waals surface area contributed by atoms with E-state index in [1.165, 1.54) is 13.0 Å². The van der Waals surface area contributed by atoms with Crippen LogP contribution in [-0.2, 0) is 9.53 Å². The molecular weight excluding hydrogens is 362 g/mol. The number of hydrogen-bond donors (Lipinski definition) is 1. The zero-order valence-electron chi connectivity index (χ0n) is 14.2. The van der Waals surface area contributed by atoms with Gasteiger partial charge in [0, 0.05) is 11.1 Å². The van der Waals surface area contributed by atoms with E-state index in [9.17, 15) is 25.0 Å². The third-order valence-electron chi connectivity index (χ3n) is 4.31. The summed E-state index contributed by atoms with van der Waals surface area (Å²) < 4.78 is 5.05. The van der Waals surface area contributed by atoms with Crippen molar-refractivity contribution in [1.82, 2.24) is 5.32 Å². The molecule has 8 nitrogen and oxygen atoms in total. The number of carbonyl (C=O) groups is 2. The Hall–Kier alpha value is -2.66. The van der Waals surface area contributed by atoms with Gasteiger partial charge in [-0.15, -0.1) is 0 Å². The molecule has 0 unspecified atom stereocenters. The Bertz CT molecular complexity index is 768. The molecule has 1 aromatic rings. The van der Waals surface area contributed by atoms with Crippen LogP contribution < -0.4 is 5.32 Å². The first-order chi connectivity index (χ1) is 12.3. The number of carbonyl (C=O) groups excluding carboxylic acids is 2. The number of nitro groups is 1. The van der Waals surface area contributed by atoms with Crippen LogP contribution >= 0.6 is 11.6 Å². The largest absolute Gasteiger partial charge is 0.449 e. The maximum Gasteiger partial charge on any atom is 0.345 e. The molecule has 26 heavy (non-hydrogen) atoms. The number of hydrogen-bond acceptors (Lipinski definition) is 6. The molecule has 0 radical (unpaired) electrons. The minimum absolute atomic E-state index is 0.130. The number of nitrogens with zero attached hydrogens (tertiary/aromatic N) is 2. The predicted molar refractivity (Wildman–Crippen MR) is 92.6 cm³/mol. The standard InChI is InChI=1S/C17H18ClN3O5/c1-11(15(22)20-17(10-19)7-3-2-4-8-17)26-16(23)13-9-12(18)5-6-14(13)21(24)25/h5-6,9,11H,2-4,7-8H2,1H3,(H,20,22)/t11-/m0/s1. The first kappa shape index (κ1) is 19.7. The number of rotatable bonds is 5. The summed E-state index contributed by atoms with van der Waals surface area (Å²) in [7, 11) is 0. The van der Waals surface area contributed by atoms with E-state index in [1.807, 2.05) is 0 Å². The van der Waals surface area contributed by atoms with E-state index in [-0.39, 0.29) is 10.6 Å². The molecule has 0 heterocycles. The van der Waals surface area contributed by atoms with Gasteiger partial charge in [-0.05, 0) is 31.9 Å². The van der Waals surface area contributed by atoms with Gasteiger partial charge in [-0.1, -0.05) is 30.9 Å². The topological polar surface area (TPSA) is 122 Å². The van der Waals surface area contributed by atoms with E-state index >= 15 is 0 Å². The lowest BCUT2D eigenvalue weighted by Gasteiger charge is -2.32. The van der Waals surface area contributed by atoms with E-state index in [4.69, 9.17) is 16.3 Å². The summed E-state index contributed by atoms with van der Waals surface area (Å²) in [6.07, 6.45) is 2.52. The van der Waals surface area contributed by atoms with Crippen LogP contribution in [-0.4, -0.2) is 28.4 Å². The Morgan fingerprint density at radius 2 is 2.04 bits per heavy atom. The van der Waals surface area contributed by atoms with Crippen LogP contribution in [0.2, 0.25) is 5.02 Å². The van der Waals surface area contributed by atoms with Gasteiger partial charge < -0.3 is 10.1 Å². The van der Waals surface area contributed by atoms with E-state index in [2.05, 4.69) is 11.4 Å². The van der Waals surface area contributed by atoms with Gasteiger partial charge >= 0.3 is 5.97 Å². The molecule has 0 aromatic heterocycles. The second kappa shape index (κ2) is 8.15. The Kier molecular flexibility index (Phi) is 6.16. The molecule has 0 saturated heterocycles. The molecule has 0 aliphatic heterocycles. The van der Waals surface area contributed by atoms with Crippen LogP contribution in [0.15, 0.2) is 18.2 Å². The van der Waals surface area contributed by atoms with Crippen molar-refractivity contribution in [3.8, 4) is 6.07 Å². The number of benzene rings is 1. The highest BCUT2D eigenvalue weighted by molar-refractivity contribution is 6.31. The highest BCUT2D eigenvalue weighted by Crippen LogP contribution is 2.28. The van der Waals surface area contributed by atoms with Crippen molar-refractivity contribution in [3.05, 3.63) is 38.9 Å². The van der Waals surface area contributed by atoms with Gasteiger partial charge in [0.25, 0.3) is 11.6 Å². The van der Waals surface area contributed by atoms with Crippen molar-refractivity contribution >= 4 is 29.2 Å². The van der Waals surface area contributed by atoms with Gasteiger partial charge in [-0.3, -0.25) is 14.9 Å². The molecule has 0 bridgehead atoms. The van der Waals surface area contributed by atoms with Crippen LogP contribution in [0.3, 0.4) is 0 Å².